The van der Waals surface area contributed by atoms with E-state index >= 15 is 0 Å². The first-order valence-electron chi connectivity index (χ1n) is 5.04. The van der Waals surface area contributed by atoms with Crippen LogP contribution < -0.4 is 5.73 Å². The van der Waals surface area contributed by atoms with Gasteiger partial charge in [-0.2, -0.15) is 0 Å². The van der Waals surface area contributed by atoms with E-state index in [-0.39, 0.29) is 6.04 Å². The van der Waals surface area contributed by atoms with Crippen LogP contribution in [0.4, 0.5) is 0 Å². The van der Waals surface area contributed by atoms with Crippen molar-refractivity contribution in [3.05, 3.63) is 68.7 Å². The maximum atomic E-state index is 6.14. The topological polar surface area (TPSA) is 26.0 Å². The van der Waals surface area contributed by atoms with E-state index in [1.807, 2.05) is 30.3 Å². The Labute approximate surface area is 115 Å². The zero-order valence-corrected chi connectivity index (χ0v) is 11.1. The van der Waals surface area contributed by atoms with Crippen molar-refractivity contribution in [3.63, 3.8) is 0 Å². The molecule has 2 rings (SSSR count). The summed E-state index contributed by atoms with van der Waals surface area (Å²) in [5, 5.41) is 1.69. The maximum Gasteiger partial charge on any atom is 0.0595 e. The molecule has 0 aliphatic heterocycles. The van der Waals surface area contributed by atoms with Crippen molar-refractivity contribution < 1.29 is 0 Å². The van der Waals surface area contributed by atoms with Gasteiger partial charge in [-0.05, 0) is 35.4 Å². The first-order chi connectivity index (χ1) is 8.08. The van der Waals surface area contributed by atoms with E-state index in [0.29, 0.717) is 15.1 Å². The average molecular weight is 287 g/mol. The molecule has 2 aromatic carbocycles. The van der Waals surface area contributed by atoms with Crippen LogP contribution in [-0.4, -0.2) is 0 Å². The molecule has 88 valence electrons. The lowest BCUT2D eigenvalue weighted by Crippen LogP contribution is -2.11. The summed E-state index contributed by atoms with van der Waals surface area (Å²) in [5.41, 5.74) is 7.99. The monoisotopic (exact) mass is 285 g/mol. The van der Waals surface area contributed by atoms with Gasteiger partial charge in [-0.3, -0.25) is 0 Å². The lowest BCUT2D eigenvalue weighted by Gasteiger charge is -2.13. The molecule has 0 aliphatic rings. The Bertz CT molecular complexity index is 540. The Balaban J connectivity index is 2.36. The van der Waals surface area contributed by atoms with Gasteiger partial charge in [0.25, 0.3) is 0 Å². The molecular formula is C13H10Cl3N. The van der Waals surface area contributed by atoms with Gasteiger partial charge in [0.2, 0.25) is 0 Å². The standard InChI is InChI=1S/C13H10Cl3N/c14-10-3-1-2-8(6-10)13(17)9-4-5-11(15)12(16)7-9/h1-7,13H,17H2. The van der Waals surface area contributed by atoms with Gasteiger partial charge < -0.3 is 5.73 Å². The number of hydrogen-bond acceptors (Lipinski definition) is 1. The second-order valence-electron chi connectivity index (χ2n) is 3.71. The van der Waals surface area contributed by atoms with Crippen molar-refractivity contribution in [2.24, 2.45) is 5.73 Å². The van der Waals surface area contributed by atoms with Crippen LogP contribution in [0.25, 0.3) is 0 Å². The SMILES string of the molecule is NC(c1cccc(Cl)c1)c1ccc(Cl)c(Cl)c1. The van der Waals surface area contributed by atoms with Crippen LogP contribution in [0.15, 0.2) is 42.5 Å². The van der Waals surface area contributed by atoms with E-state index in [1.54, 1.807) is 12.1 Å². The lowest BCUT2D eigenvalue weighted by atomic mass is 10.00. The normalized spacial score (nSPS) is 12.5. The molecule has 0 saturated carbocycles. The van der Waals surface area contributed by atoms with Crippen LogP contribution in [0.3, 0.4) is 0 Å². The van der Waals surface area contributed by atoms with Gasteiger partial charge in [-0.25, -0.2) is 0 Å². The van der Waals surface area contributed by atoms with Gasteiger partial charge in [0.1, 0.15) is 0 Å². The van der Waals surface area contributed by atoms with Gasteiger partial charge in [-0.15, -0.1) is 0 Å². The van der Waals surface area contributed by atoms with Crippen LogP contribution in [0.1, 0.15) is 17.2 Å². The van der Waals surface area contributed by atoms with Crippen LogP contribution in [0, 0.1) is 0 Å². The second kappa shape index (κ2) is 5.28. The van der Waals surface area contributed by atoms with Crippen molar-refractivity contribution in [3.8, 4) is 0 Å². The minimum atomic E-state index is -0.261. The molecule has 17 heavy (non-hydrogen) atoms. The van der Waals surface area contributed by atoms with Gasteiger partial charge in [0, 0.05) is 5.02 Å². The first-order valence-corrected chi connectivity index (χ1v) is 6.17. The van der Waals surface area contributed by atoms with Crippen molar-refractivity contribution >= 4 is 34.8 Å². The Morgan fingerprint density at radius 3 is 2.18 bits per heavy atom. The predicted molar refractivity (Wildman–Crippen MR) is 73.9 cm³/mol. The quantitative estimate of drug-likeness (QED) is 0.851. The molecule has 1 atom stereocenters. The molecule has 0 heterocycles. The van der Waals surface area contributed by atoms with E-state index in [4.69, 9.17) is 40.5 Å². The van der Waals surface area contributed by atoms with Gasteiger partial charge in [-0.1, -0.05) is 53.0 Å². The molecule has 0 aromatic heterocycles. The molecule has 1 unspecified atom stereocenters. The van der Waals surface area contributed by atoms with Crippen LogP contribution in [-0.2, 0) is 0 Å². The summed E-state index contributed by atoms with van der Waals surface area (Å²) in [7, 11) is 0. The smallest absolute Gasteiger partial charge is 0.0595 e. The highest BCUT2D eigenvalue weighted by Gasteiger charge is 2.10. The maximum absolute atomic E-state index is 6.14. The van der Waals surface area contributed by atoms with E-state index in [1.165, 1.54) is 0 Å². The molecule has 0 fully saturated rings. The third-order valence-corrected chi connectivity index (χ3v) is 3.48. The molecule has 0 saturated heterocycles. The fraction of sp³-hybridized carbons (Fsp3) is 0.0769. The molecule has 0 amide bonds. The summed E-state index contributed by atoms with van der Waals surface area (Å²) >= 11 is 17.8. The van der Waals surface area contributed by atoms with Crippen molar-refractivity contribution in [1.82, 2.24) is 0 Å². The third-order valence-electron chi connectivity index (χ3n) is 2.51. The molecule has 1 nitrogen and oxygen atoms in total. The van der Waals surface area contributed by atoms with Crippen molar-refractivity contribution in [2.75, 3.05) is 0 Å². The molecule has 4 heteroatoms. The summed E-state index contributed by atoms with van der Waals surface area (Å²) in [4.78, 5) is 0. The summed E-state index contributed by atoms with van der Waals surface area (Å²) in [6, 6.07) is 12.6. The van der Waals surface area contributed by atoms with E-state index < -0.39 is 0 Å². The Morgan fingerprint density at radius 2 is 1.53 bits per heavy atom. The van der Waals surface area contributed by atoms with Crippen molar-refractivity contribution in [2.45, 2.75) is 6.04 Å². The van der Waals surface area contributed by atoms with Crippen LogP contribution in [0.5, 0.6) is 0 Å². The van der Waals surface area contributed by atoms with Gasteiger partial charge >= 0.3 is 0 Å². The number of halogens is 3. The molecule has 2 N–H and O–H groups in total. The molecule has 0 bridgehead atoms. The zero-order valence-electron chi connectivity index (χ0n) is 8.83. The molecule has 0 aliphatic carbocycles. The largest absolute Gasteiger partial charge is 0.320 e. The molecular weight excluding hydrogens is 277 g/mol. The Hall–Kier alpha value is -0.730. The molecule has 0 spiro atoms. The van der Waals surface area contributed by atoms with Gasteiger partial charge in [0.15, 0.2) is 0 Å². The molecule has 2 aromatic rings. The highest BCUT2D eigenvalue weighted by Crippen LogP contribution is 2.28. The average Bonchev–Trinajstić information content (AvgIpc) is 2.32. The lowest BCUT2D eigenvalue weighted by molar-refractivity contribution is 0.872. The minimum Gasteiger partial charge on any atom is -0.320 e. The van der Waals surface area contributed by atoms with Gasteiger partial charge in [0.05, 0.1) is 16.1 Å². The summed E-state index contributed by atoms with van der Waals surface area (Å²) < 4.78 is 0. The fourth-order valence-electron chi connectivity index (χ4n) is 1.60. The summed E-state index contributed by atoms with van der Waals surface area (Å²) in [6.45, 7) is 0. The zero-order chi connectivity index (χ0) is 12.4. The second-order valence-corrected chi connectivity index (χ2v) is 4.96. The fourth-order valence-corrected chi connectivity index (χ4v) is 2.10. The van der Waals surface area contributed by atoms with Crippen LogP contribution in [0.2, 0.25) is 15.1 Å². The Kier molecular flexibility index (Phi) is 3.95. The highest BCUT2D eigenvalue weighted by molar-refractivity contribution is 6.42. The van der Waals surface area contributed by atoms with E-state index in [0.717, 1.165) is 11.1 Å². The highest BCUT2D eigenvalue weighted by atomic mass is 35.5. The summed E-state index contributed by atoms with van der Waals surface area (Å²) in [6.07, 6.45) is 0. The minimum absolute atomic E-state index is 0.261. The number of benzene rings is 2. The van der Waals surface area contributed by atoms with E-state index in [9.17, 15) is 0 Å². The summed E-state index contributed by atoms with van der Waals surface area (Å²) in [5.74, 6) is 0. The third kappa shape index (κ3) is 2.93. The predicted octanol–water partition coefficient (Wildman–Crippen LogP) is 4.69. The van der Waals surface area contributed by atoms with Crippen LogP contribution >= 0.6 is 34.8 Å². The number of rotatable bonds is 2. The van der Waals surface area contributed by atoms with Crippen molar-refractivity contribution in [1.29, 1.82) is 0 Å². The van der Waals surface area contributed by atoms with E-state index in [2.05, 4.69) is 0 Å². The number of hydrogen-bond donors (Lipinski definition) is 1. The first kappa shape index (κ1) is 12.7. The molecule has 0 radical (unpaired) electrons. The number of nitrogens with two attached hydrogens (primary N) is 1. The Morgan fingerprint density at radius 1 is 0.824 bits per heavy atom.